The number of amides is 2. The molecule has 2 atom stereocenters. The van der Waals surface area contributed by atoms with Crippen molar-refractivity contribution in [2.75, 3.05) is 11.6 Å². The highest BCUT2D eigenvalue weighted by Gasteiger charge is 2.25. The Kier molecular flexibility index (Phi) is 7.75. The van der Waals surface area contributed by atoms with Gasteiger partial charge in [-0.2, -0.15) is 0 Å². The molecule has 0 radical (unpaired) electrons. The highest BCUT2D eigenvalue weighted by atomic mass is 32.2. The number of phenols is 1. The van der Waals surface area contributed by atoms with Crippen molar-refractivity contribution in [3.63, 3.8) is 0 Å². The van der Waals surface area contributed by atoms with Gasteiger partial charge in [-0.15, -0.1) is 11.8 Å². The van der Waals surface area contributed by atoms with Crippen molar-refractivity contribution >= 4 is 40.2 Å². The van der Waals surface area contributed by atoms with E-state index in [0.29, 0.717) is 16.6 Å². The van der Waals surface area contributed by atoms with Gasteiger partial charge in [-0.25, -0.2) is 10.3 Å². The first-order valence-electron chi connectivity index (χ1n) is 9.87. The summed E-state index contributed by atoms with van der Waals surface area (Å²) < 4.78 is 5.79. The third kappa shape index (κ3) is 5.60. The first-order valence-corrected chi connectivity index (χ1v) is 11.1. The highest BCUT2D eigenvalue weighted by Crippen LogP contribution is 2.36. The van der Waals surface area contributed by atoms with E-state index >= 15 is 0 Å². The Balaban J connectivity index is 1.92. The molecule has 2 amide bonds. The molecule has 0 bridgehead atoms. The number of carbonyl (C=O) groups is 2. The van der Waals surface area contributed by atoms with Crippen LogP contribution in [0, 0.1) is 5.92 Å². The van der Waals surface area contributed by atoms with Gasteiger partial charge >= 0.3 is 6.09 Å². The first kappa shape index (κ1) is 23.2. The molecule has 0 aliphatic rings. The summed E-state index contributed by atoms with van der Waals surface area (Å²) in [5.74, 6) is -1.00. The van der Waals surface area contributed by atoms with Crippen molar-refractivity contribution in [3.8, 4) is 5.75 Å². The third-order valence-corrected chi connectivity index (χ3v) is 5.69. The maximum absolute atomic E-state index is 12.7. The Morgan fingerprint density at radius 2 is 1.72 bits per heavy atom. The number of phenolic OH excluding ortho intramolecular Hbond substituents is 1. The Hall–Kier alpha value is -3.49. The van der Waals surface area contributed by atoms with E-state index in [0.717, 1.165) is 10.3 Å². The molecule has 0 aliphatic carbocycles. The summed E-state index contributed by atoms with van der Waals surface area (Å²) in [5, 5.41) is 23.0. The van der Waals surface area contributed by atoms with Crippen molar-refractivity contribution in [2.24, 2.45) is 5.92 Å². The number of hydrogen-bond donors (Lipinski definition) is 4. The Labute approximate surface area is 190 Å². The molecule has 3 aromatic carbocycles. The van der Waals surface area contributed by atoms with Gasteiger partial charge in [0.2, 0.25) is 0 Å². The van der Waals surface area contributed by atoms with Crippen LogP contribution in [-0.4, -0.2) is 28.6 Å². The largest absolute Gasteiger partial charge is 0.507 e. The van der Waals surface area contributed by atoms with Crippen LogP contribution in [0.15, 0.2) is 77.7 Å². The van der Waals surface area contributed by atoms with Crippen LogP contribution < -0.4 is 10.8 Å². The Bertz CT molecular complexity index is 1130. The maximum Gasteiger partial charge on any atom is 0.412 e. The summed E-state index contributed by atoms with van der Waals surface area (Å²) in [4.78, 5) is 25.2. The van der Waals surface area contributed by atoms with E-state index in [9.17, 15) is 14.7 Å². The molecule has 0 saturated heterocycles. The molecule has 0 unspecified atom stereocenters. The number of hydroxylamine groups is 1. The zero-order valence-electron chi connectivity index (χ0n) is 17.6. The summed E-state index contributed by atoms with van der Waals surface area (Å²) in [6, 6.07) is 17.8. The van der Waals surface area contributed by atoms with E-state index in [1.807, 2.05) is 36.6 Å². The summed E-state index contributed by atoms with van der Waals surface area (Å²) in [7, 11) is 0. The number of fused-ring (bicyclic) bond motifs is 1. The molecule has 0 spiro atoms. The highest BCUT2D eigenvalue weighted by molar-refractivity contribution is 7.98. The number of anilines is 1. The van der Waals surface area contributed by atoms with Crippen LogP contribution in [-0.2, 0) is 9.53 Å². The molecule has 166 valence electrons. The molecule has 0 fully saturated rings. The van der Waals surface area contributed by atoms with Gasteiger partial charge in [0.05, 0.1) is 0 Å². The molecule has 0 aromatic heterocycles. The quantitative estimate of drug-likeness (QED) is 0.169. The number of aromatic hydroxyl groups is 1. The lowest BCUT2D eigenvalue weighted by Crippen LogP contribution is -2.22. The second-order valence-electron chi connectivity index (χ2n) is 7.09. The fourth-order valence-corrected chi connectivity index (χ4v) is 3.73. The van der Waals surface area contributed by atoms with Crippen LogP contribution in [0.3, 0.4) is 0 Å². The number of ether oxygens (including phenoxy) is 1. The molecular formula is C24H24N2O5S. The lowest BCUT2D eigenvalue weighted by atomic mass is 9.92. The second-order valence-corrected chi connectivity index (χ2v) is 7.97. The van der Waals surface area contributed by atoms with Crippen LogP contribution >= 0.6 is 11.8 Å². The molecule has 0 heterocycles. The first-order chi connectivity index (χ1) is 15.4. The molecular weight excluding hydrogens is 428 g/mol. The van der Waals surface area contributed by atoms with Crippen LogP contribution in [0.5, 0.6) is 5.75 Å². The van der Waals surface area contributed by atoms with Gasteiger partial charge in [0.1, 0.15) is 11.9 Å². The van der Waals surface area contributed by atoms with Crippen LogP contribution in [0.4, 0.5) is 10.5 Å². The number of carbonyl (C=O) groups excluding carboxylic acids is 2. The third-order valence-electron chi connectivity index (χ3n) is 4.95. The number of hydrogen-bond acceptors (Lipinski definition) is 6. The van der Waals surface area contributed by atoms with Crippen LogP contribution in [0.1, 0.15) is 18.6 Å². The summed E-state index contributed by atoms with van der Waals surface area (Å²) in [5.41, 5.74) is 2.80. The minimum Gasteiger partial charge on any atom is -0.507 e. The monoisotopic (exact) mass is 452 g/mol. The van der Waals surface area contributed by atoms with E-state index in [1.54, 1.807) is 55.1 Å². The van der Waals surface area contributed by atoms with Crippen molar-refractivity contribution in [1.82, 2.24) is 5.48 Å². The zero-order chi connectivity index (χ0) is 23.1. The predicted octanol–water partition coefficient (Wildman–Crippen LogP) is 5.25. The number of rotatable bonds is 7. The SMILES string of the molecule is CSc1ccc(NC(=O)O[C@H](c2ccc(O)c3ccccc23)[C@@H](C)/C=C/C(=O)NO)cc1. The van der Waals surface area contributed by atoms with E-state index in [1.165, 1.54) is 11.6 Å². The molecule has 3 rings (SSSR count). The molecule has 0 saturated carbocycles. The number of benzene rings is 3. The fourth-order valence-electron chi connectivity index (χ4n) is 3.32. The van der Waals surface area contributed by atoms with E-state index in [-0.39, 0.29) is 5.75 Å². The van der Waals surface area contributed by atoms with Crippen LogP contribution in [0.25, 0.3) is 10.8 Å². The topological polar surface area (TPSA) is 108 Å². The van der Waals surface area contributed by atoms with E-state index in [4.69, 9.17) is 9.94 Å². The standard InChI is InChI=1S/C24H24N2O5S/c1-15(7-14-22(28)26-30)23(20-12-13-21(27)19-6-4-3-5-18(19)20)31-24(29)25-16-8-10-17(32-2)11-9-16/h3-15,23,27,30H,1-2H3,(H,25,29)(H,26,28)/b14-7+/t15-,23-/m0/s1. The van der Waals surface area contributed by atoms with E-state index in [2.05, 4.69) is 5.32 Å². The summed E-state index contributed by atoms with van der Waals surface area (Å²) in [6.07, 6.45) is 3.25. The van der Waals surface area contributed by atoms with Gasteiger partial charge in [0, 0.05) is 33.5 Å². The van der Waals surface area contributed by atoms with Gasteiger partial charge in [-0.3, -0.25) is 15.3 Å². The molecule has 0 aliphatic heterocycles. The van der Waals surface area contributed by atoms with Crippen molar-refractivity contribution in [3.05, 3.63) is 78.4 Å². The van der Waals surface area contributed by atoms with Crippen LogP contribution in [0.2, 0.25) is 0 Å². The predicted molar refractivity (Wildman–Crippen MR) is 125 cm³/mol. The van der Waals surface area contributed by atoms with Crippen molar-refractivity contribution < 1.29 is 24.6 Å². The summed E-state index contributed by atoms with van der Waals surface area (Å²) in [6.45, 7) is 1.79. The normalized spacial score (nSPS) is 13.0. The molecule has 8 heteroatoms. The minimum absolute atomic E-state index is 0.115. The second kappa shape index (κ2) is 10.7. The number of nitrogens with one attached hydrogen (secondary N) is 2. The van der Waals surface area contributed by atoms with Gasteiger partial charge in [-0.1, -0.05) is 43.3 Å². The molecule has 7 nitrogen and oxygen atoms in total. The maximum atomic E-state index is 12.7. The number of thioether (sulfide) groups is 1. The zero-order valence-corrected chi connectivity index (χ0v) is 18.4. The van der Waals surface area contributed by atoms with Gasteiger partial charge in [0.25, 0.3) is 5.91 Å². The van der Waals surface area contributed by atoms with Crippen molar-refractivity contribution in [2.45, 2.75) is 17.9 Å². The van der Waals surface area contributed by atoms with Gasteiger partial charge in [0.15, 0.2) is 0 Å². The van der Waals surface area contributed by atoms with Crippen molar-refractivity contribution in [1.29, 1.82) is 0 Å². The average molecular weight is 453 g/mol. The van der Waals surface area contributed by atoms with Gasteiger partial charge < -0.3 is 9.84 Å². The molecule has 4 N–H and O–H groups in total. The summed E-state index contributed by atoms with van der Waals surface area (Å²) >= 11 is 1.60. The smallest absolute Gasteiger partial charge is 0.412 e. The fraction of sp³-hybridized carbons (Fsp3) is 0.167. The average Bonchev–Trinajstić information content (AvgIpc) is 2.82. The Morgan fingerprint density at radius 1 is 1.03 bits per heavy atom. The molecule has 3 aromatic rings. The molecule has 32 heavy (non-hydrogen) atoms. The lowest BCUT2D eigenvalue weighted by Gasteiger charge is -2.24. The lowest BCUT2D eigenvalue weighted by molar-refractivity contribution is -0.124. The van der Waals surface area contributed by atoms with E-state index < -0.39 is 24.0 Å². The Morgan fingerprint density at radius 3 is 2.38 bits per heavy atom. The minimum atomic E-state index is -0.770. The van der Waals surface area contributed by atoms with Gasteiger partial charge in [-0.05, 0) is 42.0 Å².